The topological polar surface area (TPSA) is 128 Å². The Balaban J connectivity index is 1.82. The van der Waals surface area contributed by atoms with Gasteiger partial charge in [-0.25, -0.2) is 0 Å². The van der Waals surface area contributed by atoms with Gasteiger partial charge in [0.1, 0.15) is 0 Å². The highest BCUT2D eigenvalue weighted by Gasteiger charge is 2.25. The number of nitrogens with zero attached hydrogens (tertiary/aromatic N) is 4. The van der Waals surface area contributed by atoms with Crippen LogP contribution in [0, 0.1) is 18.3 Å². The van der Waals surface area contributed by atoms with Crippen molar-refractivity contribution in [1.29, 1.82) is 5.26 Å². The molecular weight excluding hydrogens is 418 g/mol. The molecule has 3 aromatic rings. The number of hydrogen-bond acceptors (Lipinski definition) is 6. The van der Waals surface area contributed by atoms with Crippen molar-refractivity contribution in [2.45, 2.75) is 44.8 Å². The molecule has 0 aliphatic carbocycles. The average Bonchev–Trinajstić information content (AvgIpc) is 3.10. The van der Waals surface area contributed by atoms with E-state index < -0.39 is 18.1 Å². The number of β-amino-alcohol motifs (C(OH)–C–C–N with tert-alkyl or cyclic N) is 1. The maximum Gasteiger partial charge on any atom is 0.220 e. The zero-order chi connectivity index (χ0) is 23.5. The first-order chi connectivity index (χ1) is 15.9. The first kappa shape index (κ1) is 22.9. The van der Waals surface area contributed by atoms with Crippen LogP contribution in [0.3, 0.4) is 0 Å². The monoisotopic (exact) mass is 447 g/mol. The number of fused-ring (bicyclic) bond motifs is 1. The summed E-state index contributed by atoms with van der Waals surface area (Å²) in [6, 6.07) is 11.1. The smallest absolute Gasteiger partial charge is 0.220 e. The number of aliphatic hydroxyl groups excluding tert-OH is 2. The van der Waals surface area contributed by atoms with E-state index in [1.807, 2.05) is 23.6 Å². The summed E-state index contributed by atoms with van der Waals surface area (Å²) < 4.78 is 1.97. The van der Waals surface area contributed by atoms with E-state index in [0.717, 1.165) is 42.9 Å². The highest BCUT2D eigenvalue weighted by molar-refractivity contribution is 5.85. The molecule has 0 radical (unpaired) electrons. The van der Waals surface area contributed by atoms with E-state index in [2.05, 4.69) is 16.0 Å². The molecule has 2 atom stereocenters. The third-order valence-corrected chi connectivity index (χ3v) is 6.36. The van der Waals surface area contributed by atoms with Gasteiger partial charge >= 0.3 is 0 Å². The molecule has 2 unspecified atom stereocenters. The molecule has 1 aliphatic heterocycles. The van der Waals surface area contributed by atoms with Crippen molar-refractivity contribution < 1.29 is 15.0 Å². The zero-order valence-electron chi connectivity index (χ0n) is 18.7. The second kappa shape index (κ2) is 9.71. The number of carbonyl (C=O) groups is 1. The number of piperidine rings is 1. The van der Waals surface area contributed by atoms with Crippen LogP contribution in [-0.4, -0.2) is 50.2 Å². The van der Waals surface area contributed by atoms with Gasteiger partial charge in [0.25, 0.3) is 0 Å². The summed E-state index contributed by atoms with van der Waals surface area (Å²) in [5, 5.41) is 30.8. The van der Waals surface area contributed by atoms with E-state index in [1.165, 1.54) is 12.6 Å². The molecule has 33 heavy (non-hydrogen) atoms. The first-order valence-corrected chi connectivity index (χ1v) is 11.3. The lowest BCUT2D eigenvalue weighted by molar-refractivity contribution is -0.119. The number of likely N-dealkylation sites (tertiary alicyclic amines) is 1. The van der Waals surface area contributed by atoms with Crippen LogP contribution in [0.5, 0.6) is 0 Å². The molecule has 8 heteroatoms. The van der Waals surface area contributed by atoms with E-state index in [4.69, 9.17) is 11.0 Å². The lowest BCUT2D eigenvalue weighted by atomic mass is 10.0. The van der Waals surface area contributed by atoms with Crippen LogP contribution in [-0.2, 0) is 4.79 Å². The molecule has 0 bridgehead atoms. The summed E-state index contributed by atoms with van der Waals surface area (Å²) in [6.07, 6.45) is 3.05. The van der Waals surface area contributed by atoms with E-state index in [0.29, 0.717) is 28.7 Å². The minimum absolute atomic E-state index is 0.200. The molecule has 172 valence electrons. The molecule has 1 amide bonds. The van der Waals surface area contributed by atoms with Crippen molar-refractivity contribution in [2.24, 2.45) is 5.73 Å². The Hall–Kier alpha value is -3.25. The average molecular weight is 448 g/mol. The van der Waals surface area contributed by atoms with E-state index >= 15 is 0 Å². The second-order valence-corrected chi connectivity index (χ2v) is 8.69. The fourth-order valence-corrected chi connectivity index (χ4v) is 4.70. The molecule has 0 saturated carbocycles. The van der Waals surface area contributed by atoms with Gasteiger partial charge in [0.15, 0.2) is 0 Å². The predicted molar refractivity (Wildman–Crippen MR) is 125 cm³/mol. The van der Waals surface area contributed by atoms with Crippen LogP contribution in [0.25, 0.3) is 16.7 Å². The van der Waals surface area contributed by atoms with Crippen molar-refractivity contribution in [3.8, 4) is 11.8 Å². The number of hydrogen-bond donors (Lipinski definition) is 3. The Bertz CT molecular complexity index is 1190. The molecule has 0 spiro atoms. The Kier molecular flexibility index (Phi) is 6.75. The zero-order valence-corrected chi connectivity index (χ0v) is 18.7. The molecule has 1 aromatic carbocycles. The van der Waals surface area contributed by atoms with Crippen molar-refractivity contribution in [1.82, 2.24) is 14.5 Å². The van der Waals surface area contributed by atoms with E-state index in [-0.39, 0.29) is 6.42 Å². The van der Waals surface area contributed by atoms with Crippen LogP contribution in [0.1, 0.15) is 60.3 Å². The van der Waals surface area contributed by atoms with E-state index in [9.17, 15) is 15.0 Å². The van der Waals surface area contributed by atoms with Gasteiger partial charge in [-0.15, -0.1) is 0 Å². The number of nitriles is 1. The lowest BCUT2D eigenvalue weighted by Gasteiger charge is -2.28. The van der Waals surface area contributed by atoms with Crippen molar-refractivity contribution in [2.75, 3.05) is 19.6 Å². The third kappa shape index (κ3) is 4.76. The Morgan fingerprint density at radius 1 is 1.18 bits per heavy atom. The molecular formula is C25H29N5O3. The predicted octanol–water partition coefficient (Wildman–Crippen LogP) is 2.63. The van der Waals surface area contributed by atoms with Crippen LogP contribution in [0.15, 0.2) is 36.5 Å². The van der Waals surface area contributed by atoms with Crippen molar-refractivity contribution in [3.05, 3.63) is 58.9 Å². The molecule has 8 nitrogen and oxygen atoms in total. The molecule has 1 fully saturated rings. The molecule has 4 N–H and O–H groups in total. The summed E-state index contributed by atoms with van der Waals surface area (Å²) in [6.45, 7) is 4.41. The highest BCUT2D eigenvalue weighted by Crippen LogP contribution is 2.34. The van der Waals surface area contributed by atoms with Gasteiger partial charge in [-0.1, -0.05) is 6.42 Å². The molecule has 3 heterocycles. The number of rotatable bonds is 7. The number of pyridine rings is 1. The fourth-order valence-electron chi connectivity index (χ4n) is 4.70. The van der Waals surface area contributed by atoms with Gasteiger partial charge in [-0.3, -0.25) is 9.78 Å². The summed E-state index contributed by atoms with van der Waals surface area (Å²) in [5.74, 6) is -0.598. The number of primary amides is 1. The Morgan fingerprint density at radius 3 is 2.52 bits per heavy atom. The minimum atomic E-state index is -1.06. The maximum absolute atomic E-state index is 11.3. The van der Waals surface area contributed by atoms with Gasteiger partial charge in [0.2, 0.25) is 5.91 Å². The SMILES string of the molecule is Cc1c(C(O)CN2CCCCC2)c2ncc(C(O)CC(N)=O)cc2n1-c1ccc(C#N)cc1. The van der Waals surface area contributed by atoms with Crippen molar-refractivity contribution >= 4 is 16.9 Å². The number of aromatic nitrogens is 2. The number of aliphatic hydroxyl groups is 2. The number of nitrogens with two attached hydrogens (primary N) is 1. The highest BCUT2D eigenvalue weighted by atomic mass is 16.3. The minimum Gasteiger partial charge on any atom is -0.388 e. The molecule has 4 rings (SSSR count). The quantitative estimate of drug-likeness (QED) is 0.511. The number of carbonyl (C=O) groups excluding carboxylic acids is 1. The summed E-state index contributed by atoms with van der Waals surface area (Å²) in [4.78, 5) is 18.2. The van der Waals surface area contributed by atoms with Crippen LogP contribution in [0.4, 0.5) is 0 Å². The second-order valence-electron chi connectivity index (χ2n) is 8.69. The molecule has 2 aromatic heterocycles. The van der Waals surface area contributed by atoms with Gasteiger partial charge in [0.05, 0.1) is 41.3 Å². The van der Waals surface area contributed by atoms with Gasteiger partial charge < -0.3 is 25.4 Å². The summed E-state index contributed by atoms with van der Waals surface area (Å²) >= 11 is 0. The summed E-state index contributed by atoms with van der Waals surface area (Å²) in [5.41, 5.74) is 10.1. The first-order valence-electron chi connectivity index (χ1n) is 11.3. The normalized spacial score (nSPS) is 16.4. The molecule has 1 saturated heterocycles. The third-order valence-electron chi connectivity index (χ3n) is 6.36. The number of benzene rings is 1. The van der Waals surface area contributed by atoms with Gasteiger partial charge in [-0.05, 0) is 63.2 Å². The number of amides is 1. The van der Waals surface area contributed by atoms with Crippen molar-refractivity contribution in [3.63, 3.8) is 0 Å². The van der Waals surface area contributed by atoms with Gasteiger partial charge in [0, 0.05) is 35.2 Å². The van der Waals surface area contributed by atoms with Crippen LogP contribution < -0.4 is 5.73 Å². The Labute approximate surface area is 192 Å². The largest absolute Gasteiger partial charge is 0.388 e. The standard InChI is InChI=1S/C25H29N5O3/c1-16-24(22(32)15-29-9-3-2-4-10-29)25-20(11-18(14-28-25)21(31)12-23(27)33)30(16)19-7-5-17(13-26)6-8-19/h5-8,11,14,21-22,31-32H,2-4,9-10,12,15H2,1H3,(H2,27,33). The van der Waals surface area contributed by atoms with Crippen LogP contribution in [0.2, 0.25) is 0 Å². The van der Waals surface area contributed by atoms with Gasteiger partial charge in [-0.2, -0.15) is 5.26 Å². The Morgan fingerprint density at radius 2 is 1.88 bits per heavy atom. The summed E-state index contributed by atoms with van der Waals surface area (Å²) in [7, 11) is 0. The van der Waals surface area contributed by atoms with E-state index in [1.54, 1.807) is 18.2 Å². The molecule has 1 aliphatic rings. The maximum atomic E-state index is 11.3. The fraction of sp³-hybridized carbons (Fsp3) is 0.400. The lowest BCUT2D eigenvalue weighted by Crippen LogP contribution is -2.33. The van der Waals surface area contributed by atoms with Crippen LogP contribution >= 0.6 is 0 Å².